The van der Waals surface area contributed by atoms with Crippen LogP contribution in [0.5, 0.6) is 0 Å². The highest BCUT2D eigenvalue weighted by molar-refractivity contribution is 4.83. The summed E-state index contributed by atoms with van der Waals surface area (Å²) in [6, 6.07) is -0.824. The highest BCUT2D eigenvalue weighted by Gasteiger charge is 1.97. The Bertz CT molecular complexity index is 461. The molecule has 0 atom stereocenters. The molecule has 1 heterocycles. The molecule has 0 aliphatic rings. The minimum absolute atomic E-state index is 0.119. The fourth-order valence-corrected chi connectivity index (χ4v) is 2.12. The third-order valence-corrected chi connectivity index (χ3v) is 3.24. The first-order valence-electron chi connectivity index (χ1n) is 9.97. The van der Waals surface area contributed by atoms with Gasteiger partial charge in [0.05, 0.1) is 4.11 Å². The molecular weight excluding hydrogens is 218 g/mol. The summed E-state index contributed by atoms with van der Waals surface area (Å²) in [7, 11) is 0. The summed E-state index contributed by atoms with van der Waals surface area (Å²) in [5.41, 5.74) is 0. The fraction of sp³-hybridized carbons (Fsp3) is 0.706. The molecule has 0 spiro atoms. The van der Waals surface area contributed by atoms with Crippen molar-refractivity contribution < 1.29 is 11.4 Å². The maximum atomic E-state index is 7.85. The lowest BCUT2D eigenvalue weighted by Gasteiger charge is -2.01. The van der Waals surface area contributed by atoms with Crippen molar-refractivity contribution in [3.8, 4) is 0 Å². The number of aromatic nitrogens is 1. The third-order valence-electron chi connectivity index (χ3n) is 3.24. The fourth-order valence-electron chi connectivity index (χ4n) is 2.12. The zero-order valence-corrected chi connectivity index (χ0v) is 11.7. The van der Waals surface area contributed by atoms with Crippen LogP contribution in [0, 0.1) is 0 Å². The van der Waals surface area contributed by atoms with E-state index in [-0.39, 0.29) is 30.5 Å². The van der Waals surface area contributed by atoms with Gasteiger partial charge >= 0.3 is 0 Å². The van der Waals surface area contributed by atoms with Crippen molar-refractivity contribution in [2.45, 2.75) is 77.7 Å². The van der Waals surface area contributed by atoms with Gasteiger partial charge in [0.1, 0.15) is 9.29 Å². The van der Waals surface area contributed by atoms with Crippen LogP contribution in [0.15, 0.2) is 30.5 Å². The molecule has 0 fully saturated rings. The Labute approximate surface area is 120 Å². The zero-order valence-electron chi connectivity index (χ0n) is 16.7. The van der Waals surface area contributed by atoms with Crippen LogP contribution >= 0.6 is 0 Å². The molecule has 1 aromatic heterocycles. The molecule has 0 aliphatic carbocycles. The normalized spacial score (nSPS) is 14.6. The first-order chi connectivity index (χ1) is 11.0. The van der Waals surface area contributed by atoms with Gasteiger partial charge < -0.3 is 0 Å². The van der Waals surface area contributed by atoms with Gasteiger partial charge in [0.15, 0.2) is 12.3 Å². The second-order valence-electron chi connectivity index (χ2n) is 4.93. The van der Waals surface area contributed by atoms with Crippen LogP contribution in [0.4, 0.5) is 0 Å². The highest BCUT2D eigenvalue weighted by Crippen LogP contribution is 2.10. The topological polar surface area (TPSA) is 3.88 Å². The van der Waals surface area contributed by atoms with Crippen molar-refractivity contribution in [2.24, 2.45) is 0 Å². The summed E-state index contributed by atoms with van der Waals surface area (Å²) in [6.07, 6.45) is 12.0. The first-order valence-corrected chi connectivity index (χ1v) is 7.47. The summed E-state index contributed by atoms with van der Waals surface area (Å²) in [5, 5.41) is 0. The molecule has 0 aliphatic heterocycles. The lowest BCUT2D eigenvalue weighted by atomic mass is 10.1. The van der Waals surface area contributed by atoms with Crippen LogP contribution in [0.3, 0.4) is 0 Å². The summed E-state index contributed by atoms with van der Waals surface area (Å²) >= 11 is 0. The minimum atomic E-state index is -0.320. The molecule has 0 aromatic carbocycles. The maximum Gasteiger partial charge on any atom is 0.168 e. The summed E-state index contributed by atoms with van der Waals surface area (Å²) in [5.74, 6) is 0. The van der Waals surface area contributed by atoms with Crippen molar-refractivity contribution in [2.75, 3.05) is 0 Å². The van der Waals surface area contributed by atoms with E-state index in [1.165, 1.54) is 49.5 Å². The monoisotopic (exact) mass is 253 g/mol. The van der Waals surface area contributed by atoms with Gasteiger partial charge in [0, 0.05) is 18.5 Å². The Kier molecular flexibility index (Phi) is 5.70. The molecule has 0 saturated carbocycles. The Hall–Kier alpha value is -0.850. The third kappa shape index (κ3) is 8.27. The van der Waals surface area contributed by atoms with E-state index in [0.717, 1.165) is 19.3 Å². The van der Waals surface area contributed by atoms with Crippen LogP contribution in [0.25, 0.3) is 0 Å². The van der Waals surface area contributed by atoms with E-state index in [1.54, 1.807) is 0 Å². The average molecular weight is 253 g/mol. The molecule has 1 nitrogen and oxygen atoms in total. The molecule has 1 rings (SSSR count). The SMILES string of the molecule is [2H]c1c([2H])c([2H])[n+](CCCCCCCCCCCC)c([2H])c1[2H]. The largest absolute Gasteiger partial charge is 0.205 e. The van der Waals surface area contributed by atoms with Crippen LogP contribution in [-0.4, -0.2) is 0 Å². The molecule has 18 heavy (non-hydrogen) atoms. The van der Waals surface area contributed by atoms with Gasteiger partial charge in [-0.15, -0.1) is 0 Å². The standard InChI is InChI=1S/C17H30N/c1-2-3-4-5-6-7-8-9-10-12-15-18-16-13-11-14-17-18/h11,13-14,16-17H,2-10,12,15H2,1H3/q+1/i11D,13D,14D,16D,17D. The predicted molar refractivity (Wildman–Crippen MR) is 78.5 cm³/mol. The van der Waals surface area contributed by atoms with Gasteiger partial charge in [-0.05, 0) is 6.42 Å². The van der Waals surface area contributed by atoms with E-state index >= 15 is 0 Å². The molecule has 0 amide bonds. The Morgan fingerprint density at radius 1 is 0.722 bits per heavy atom. The van der Waals surface area contributed by atoms with Crippen molar-refractivity contribution in [1.29, 1.82) is 0 Å². The summed E-state index contributed by atoms with van der Waals surface area (Å²) < 4.78 is 40.0. The first kappa shape index (κ1) is 9.12. The summed E-state index contributed by atoms with van der Waals surface area (Å²) in [6.45, 7) is 2.72. The second-order valence-corrected chi connectivity index (χ2v) is 4.93. The van der Waals surface area contributed by atoms with Crippen molar-refractivity contribution in [3.63, 3.8) is 0 Å². The van der Waals surface area contributed by atoms with Gasteiger partial charge in [-0.3, -0.25) is 0 Å². The molecule has 1 aromatic rings. The number of pyridine rings is 1. The molecule has 102 valence electrons. The van der Waals surface area contributed by atoms with E-state index in [4.69, 9.17) is 6.85 Å². The van der Waals surface area contributed by atoms with Gasteiger partial charge in [-0.1, -0.05) is 64.3 Å². The lowest BCUT2D eigenvalue weighted by Crippen LogP contribution is -2.32. The van der Waals surface area contributed by atoms with Crippen molar-refractivity contribution in [3.05, 3.63) is 30.5 Å². The smallest absolute Gasteiger partial charge is 0.168 e. The van der Waals surface area contributed by atoms with Crippen LogP contribution in [0.2, 0.25) is 0 Å². The molecule has 0 saturated heterocycles. The number of nitrogens with zero attached hydrogens (tertiary/aromatic N) is 1. The van der Waals surface area contributed by atoms with Gasteiger partial charge in [-0.25, -0.2) is 4.57 Å². The van der Waals surface area contributed by atoms with Crippen LogP contribution in [-0.2, 0) is 6.54 Å². The predicted octanol–water partition coefficient (Wildman–Crippen LogP) is 4.90. The van der Waals surface area contributed by atoms with Crippen LogP contribution in [0.1, 0.15) is 78.0 Å². The number of hydrogen-bond donors (Lipinski definition) is 0. The quantitative estimate of drug-likeness (QED) is 0.390. The number of unbranched alkanes of at least 4 members (excludes halogenated alkanes) is 9. The van der Waals surface area contributed by atoms with E-state index in [2.05, 4.69) is 6.92 Å². The molecule has 0 N–H and O–H groups in total. The minimum Gasteiger partial charge on any atom is -0.205 e. The Morgan fingerprint density at radius 3 is 1.78 bits per heavy atom. The van der Waals surface area contributed by atoms with Crippen LogP contribution < -0.4 is 4.57 Å². The van der Waals surface area contributed by atoms with Crippen molar-refractivity contribution in [1.82, 2.24) is 0 Å². The molecule has 0 bridgehead atoms. The maximum absolute atomic E-state index is 7.85. The molecular formula is C17H30N+. The zero-order chi connectivity index (χ0) is 17.2. The average Bonchev–Trinajstić information content (AvgIpc) is 2.55. The summed E-state index contributed by atoms with van der Waals surface area (Å²) in [4.78, 5) is 0. The highest BCUT2D eigenvalue weighted by atomic mass is 14.9. The Balaban J connectivity index is 2.27. The van der Waals surface area contributed by atoms with E-state index < -0.39 is 0 Å². The number of hydrogen-bond acceptors (Lipinski definition) is 0. The Morgan fingerprint density at radius 2 is 1.22 bits per heavy atom. The van der Waals surface area contributed by atoms with Crippen molar-refractivity contribution >= 4 is 0 Å². The van der Waals surface area contributed by atoms with Gasteiger partial charge in [0.2, 0.25) is 0 Å². The molecule has 1 heteroatoms. The van der Waals surface area contributed by atoms with E-state index in [0.29, 0.717) is 6.54 Å². The lowest BCUT2D eigenvalue weighted by molar-refractivity contribution is -0.697. The van der Waals surface area contributed by atoms with E-state index in [9.17, 15) is 0 Å². The van der Waals surface area contributed by atoms with Gasteiger partial charge in [-0.2, -0.15) is 0 Å². The second kappa shape index (κ2) is 11.3. The molecule has 0 unspecified atom stereocenters. The van der Waals surface area contributed by atoms with Gasteiger partial charge in [0.25, 0.3) is 0 Å². The molecule has 0 radical (unpaired) electrons. The number of rotatable bonds is 11. The van der Waals surface area contributed by atoms with E-state index in [1.807, 2.05) is 0 Å².